The van der Waals surface area contributed by atoms with E-state index >= 15 is 0 Å². The molecule has 4 aromatic rings. The molecule has 0 amide bonds. The maximum Gasteiger partial charge on any atom is 0.204 e. The number of phenolic OH excluding ortho intramolecular Hbond substituents is 1. The van der Waals surface area contributed by atoms with Gasteiger partial charge < -0.3 is 9.84 Å². The minimum Gasteiger partial charge on any atom is -0.508 e. The maximum atomic E-state index is 10.3. The summed E-state index contributed by atoms with van der Waals surface area (Å²) >= 11 is 0. The van der Waals surface area contributed by atoms with E-state index in [2.05, 4.69) is 74.6 Å². The summed E-state index contributed by atoms with van der Waals surface area (Å²) in [5.41, 5.74) is 4.43. The van der Waals surface area contributed by atoms with Crippen molar-refractivity contribution in [1.29, 1.82) is 0 Å². The number of hydrogen-bond donors (Lipinski definition) is 2. The Morgan fingerprint density at radius 3 is 2.42 bits per heavy atom. The van der Waals surface area contributed by atoms with Crippen molar-refractivity contribution in [3.63, 3.8) is 0 Å². The van der Waals surface area contributed by atoms with Crippen LogP contribution in [-0.2, 0) is 6.54 Å². The monoisotopic (exact) mass is 484 g/mol. The molecular formula is C28H32N6O2. The van der Waals surface area contributed by atoms with Gasteiger partial charge in [0, 0.05) is 37.3 Å². The summed E-state index contributed by atoms with van der Waals surface area (Å²) < 4.78 is 5.31. The number of tetrazole rings is 1. The van der Waals surface area contributed by atoms with Gasteiger partial charge in [0.05, 0.1) is 13.2 Å². The molecule has 0 saturated carbocycles. The Kier molecular flexibility index (Phi) is 6.97. The maximum absolute atomic E-state index is 10.3. The van der Waals surface area contributed by atoms with Gasteiger partial charge in [-0.05, 0) is 60.0 Å². The number of phenols is 1. The third-order valence-electron chi connectivity index (χ3n) is 7.06. The highest BCUT2D eigenvalue weighted by Crippen LogP contribution is 2.35. The van der Waals surface area contributed by atoms with E-state index in [9.17, 15) is 5.11 Å². The van der Waals surface area contributed by atoms with E-state index in [0.717, 1.165) is 42.1 Å². The molecule has 186 valence electrons. The summed E-state index contributed by atoms with van der Waals surface area (Å²) in [5.74, 6) is 1.73. The van der Waals surface area contributed by atoms with Gasteiger partial charge in [-0.3, -0.25) is 9.80 Å². The molecule has 0 radical (unpaired) electrons. The van der Waals surface area contributed by atoms with Crippen LogP contribution in [0.4, 0.5) is 0 Å². The van der Waals surface area contributed by atoms with E-state index in [0.29, 0.717) is 17.9 Å². The summed E-state index contributed by atoms with van der Waals surface area (Å²) in [4.78, 5) is 5.09. The fourth-order valence-electron chi connectivity index (χ4n) is 5.14. The first kappa shape index (κ1) is 24.0. The number of rotatable bonds is 7. The van der Waals surface area contributed by atoms with E-state index in [1.54, 1.807) is 13.2 Å². The topological polar surface area (TPSA) is 90.4 Å². The van der Waals surface area contributed by atoms with Crippen LogP contribution in [0.1, 0.15) is 36.6 Å². The lowest BCUT2D eigenvalue weighted by Crippen LogP contribution is -2.56. The lowest BCUT2D eigenvalue weighted by atomic mass is 9.92. The minimum atomic E-state index is 0.0111. The van der Waals surface area contributed by atoms with E-state index in [-0.39, 0.29) is 11.8 Å². The number of aromatic amines is 1. The van der Waals surface area contributed by atoms with Crippen molar-refractivity contribution in [2.75, 3.05) is 20.2 Å². The molecule has 1 aromatic heterocycles. The van der Waals surface area contributed by atoms with Crippen molar-refractivity contribution in [3.8, 4) is 22.9 Å². The highest BCUT2D eigenvalue weighted by atomic mass is 16.5. The predicted octanol–water partition coefficient (Wildman–Crippen LogP) is 4.27. The second-order valence-electron chi connectivity index (χ2n) is 9.53. The predicted molar refractivity (Wildman–Crippen MR) is 139 cm³/mol. The molecule has 36 heavy (non-hydrogen) atoms. The Hall–Kier alpha value is -3.75. The summed E-state index contributed by atoms with van der Waals surface area (Å²) in [6.07, 6.45) is 0. The highest BCUT2D eigenvalue weighted by molar-refractivity contribution is 5.55. The van der Waals surface area contributed by atoms with Crippen LogP contribution < -0.4 is 4.74 Å². The zero-order valence-electron chi connectivity index (χ0n) is 20.9. The Morgan fingerprint density at radius 1 is 0.972 bits per heavy atom. The summed E-state index contributed by atoms with van der Waals surface area (Å²) in [5, 5.41) is 24.6. The van der Waals surface area contributed by atoms with Crippen LogP contribution in [0, 0.1) is 0 Å². The molecule has 1 saturated heterocycles. The molecule has 1 fully saturated rings. The molecule has 0 unspecified atom stereocenters. The molecule has 0 bridgehead atoms. The molecule has 1 aliphatic heterocycles. The Labute approximate surface area is 211 Å². The van der Waals surface area contributed by atoms with E-state index in [1.807, 2.05) is 36.4 Å². The summed E-state index contributed by atoms with van der Waals surface area (Å²) in [6, 6.07) is 24.9. The summed E-state index contributed by atoms with van der Waals surface area (Å²) in [7, 11) is 1.69. The van der Waals surface area contributed by atoms with Crippen LogP contribution in [-0.4, -0.2) is 67.8 Å². The van der Waals surface area contributed by atoms with E-state index < -0.39 is 0 Å². The molecular weight excluding hydrogens is 452 g/mol. The van der Waals surface area contributed by atoms with Crippen LogP contribution in [0.25, 0.3) is 11.4 Å². The largest absolute Gasteiger partial charge is 0.508 e. The van der Waals surface area contributed by atoms with Gasteiger partial charge in [0.1, 0.15) is 11.5 Å². The third-order valence-corrected chi connectivity index (χ3v) is 7.06. The van der Waals surface area contributed by atoms with Gasteiger partial charge >= 0.3 is 0 Å². The first-order valence-electron chi connectivity index (χ1n) is 12.3. The average molecular weight is 485 g/mol. The number of hydrogen-bond acceptors (Lipinski definition) is 7. The van der Waals surface area contributed by atoms with Crippen LogP contribution in [0.5, 0.6) is 11.5 Å². The first-order chi connectivity index (χ1) is 17.5. The third kappa shape index (κ3) is 5.10. The van der Waals surface area contributed by atoms with Crippen LogP contribution in [0.2, 0.25) is 0 Å². The van der Waals surface area contributed by atoms with Crippen LogP contribution >= 0.6 is 0 Å². The number of nitrogens with zero attached hydrogens (tertiary/aromatic N) is 5. The van der Waals surface area contributed by atoms with Crippen LogP contribution in [0.15, 0.2) is 72.8 Å². The first-order valence-corrected chi connectivity index (χ1v) is 12.3. The number of ether oxygens (including phenoxy) is 1. The molecule has 5 rings (SSSR count). The van der Waals surface area contributed by atoms with Crippen molar-refractivity contribution >= 4 is 0 Å². The van der Waals surface area contributed by atoms with Crippen molar-refractivity contribution in [2.45, 2.75) is 38.5 Å². The van der Waals surface area contributed by atoms with Gasteiger partial charge in [-0.2, -0.15) is 5.21 Å². The molecule has 8 heteroatoms. The molecule has 0 spiro atoms. The van der Waals surface area contributed by atoms with Crippen molar-refractivity contribution in [3.05, 3.63) is 89.5 Å². The molecule has 1 aliphatic rings. The van der Waals surface area contributed by atoms with Crippen molar-refractivity contribution < 1.29 is 9.84 Å². The zero-order valence-corrected chi connectivity index (χ0v) is 20.9. The lowest BCUT2D eigenvalue weighted by molar-refractivity contribution is 0.0195. The normalized spacial score (nSPS) is 19.8. The molecule has 3 aromatic carbocycles. The number of methoxy groups -OCH3 is 1. The van der Waals surface area contributed by atoms with Crippen LogP contribution in [0.3, 0.4) is 0 Å². The number of benzene rings is 3. The lowest BCUT2D eigenvalue weighted by Gasteiger charge is -2.47. The number of H-pyrrole nitrogens is 1. The van der Waals surface area contributed by atoms with Gasteiger partial charge in [0.15, 0.2) is 0 Å². The van der Waals surface area contributed by atoms with E-state index in [4.69, 9.17) is 4.74 Å². The highest BCUT2D eigenvalue weighted by Gasteiger charge is 2.35. The minimum absolute atomic E-state index is 0.0111. The van der Waals surface area contributed by atoms with Crippen molar-refractivity contribution in [1.82, 2.24) is 30.4 Å². The number of nitrogens with one attached hydrogen (secondary N) is 1. The smallest absolute Gasteiger partial charge is 0.204 e. The SMILES string of the molecule is COc1ccc(CN2C[C@H](C)N([C@H](c3ccc(-c4nn[nH]n4)cc3)c3cccc(O)c3)C[C@H]2C)cc1. The molecule has 3 atom stereocenters. The molecule has 2 N–H and O–H groups in total. The second-order valence-corrected chi connectivity index (χ2v) is 9.53. The van der Waals surface area contributed by atoms with E-state index in [1.165, 1.54) is 5.56 Å². The van der Waals surface area contributed by atoms with Gasteiger partial charge in [0.25, 0.3) is 0 Å². The Morgan fingerprint density at radius 2 is 1.75 bits per heavy atom. The van der Waals surface area contributed by atoms with Gasteiger partial charge in [-0.1, -0.05) is 48.5 Å². The number of aromatic nitrogens is 4. The average Bonchev–Trinajstić information content (AvgIpc) is 3.43. The molecule has 8 nitrogen and oxygen atoms in total. The number of piperazine rings is 1. The Bertz CT molecular complexity index is 1260. The summed E-state index contributed by atoms with van der Waals surface area (Å²) in [6.45, 7) is 7.34. The fraction of sp³-hybridized carbons (Fsp3) is 0.321. The fourth-order valence-corrected chi connectivity index (χ4v) is 5.14. The van der Waals surface area contributed by atoms with Gasteiger partial charge in [-0.15, -0.1) is 10.2 Å². The molecule has 0 aliphatic carbocycles. The quantitative estimate of drug-likeness (QED) is 0.405. The standard InChI is InChI=1S/C28H32N6O2/c1-19-17-34(20(2)16-33(19)18-21-7-13-26(36-3)14-8-21)27(24-5-4-6-25(35)15-24)22-9-11-23(12-10-22)28-29-31-32-30-28/h4-15,19-20,27,35H,16-18H2,1-3H3,(H,29,30,31,32)/t19-,20+,27-/m1/s1. The second kappa shape index (κ2) is 10.5. The zero-order chi connectivity index (χ0) is 25.1. The number of aromatic hydroxyl groups is 1. The van der Waals surface area contributed by atoms with Gasteiger partial charge in [-0.25, -0.2) is 0 Å². The Balaban J connectivity index is 1.40. The van der Waals surface area contributed by atoms with Gasteiger partial charge in [0.2, 0.25) is 5.82 Å². The molecule has 2 heterocycles. The van der Waals surface area contributed by atoms with Crippen molar-refractivity contribution in [2.24, 2.45) is 0 Å².